The number of carbonyl (C=O) groups excluding carboxylic acids is 1. The maximum atomic E-state index is 12.4. The van der Waals surface area contributed by atoms with E-state index >= 15 is 0 Å². The number of anilines is 1. The fourth-order valence-corrected chi connectivity index (χ4v) is 2.31. The zero-order valence-electron chi connectivity index (χ0n) is 11.6. The lowest BCUT2D eigenvalue weighted by Gasteiger charge is -2.31. The molecule has 1 saturated heterocycles. The van der Waals surface area contributed by atoms with E-state index < -0.39 is 0 Å². The van der Waals surface area contributed by atoms with Gasteiger partial charge in [-0.2, -0.15) is 0 Å². The van der Waals surface area contributed by atoms with Crippen LogP contribution >= 0.6 is 0 Å². The minimum atomic E-state index is -0.0125. The molecular formula is C14H21N3O2. The van der Waals surface area contributed by atoms with Gasteiger partial charge < -0.3 is 15.0 Å². The number of nitrogens with zero attached hydrogens (tertiary/aromatic N) is 2. The Labute approximate surface area is 114 Å². The van der Waals surface area contributed by atoms with Crippen LogP contribution in [0.4, 0.5) is 5.82 Å². The maximum Gasteiger partial charge on any atom is 0.272 e. The van der Waals surface area contributed by atoms with Crippen LogP contribution in [0.25, 0.3) is 0 Å². The summed E-state index contributed by atoms with van der Waals surface area (Å²) in [6, 6.07) is 5.49. The minimum Gasteiger partial charge on any atom is -0.380 e. The maximum absolute atomic E-state index is 12.4. The van der Waals surface area contributed by atoms with Crippen LogP contribution in [0.5, 0.6) is 0 Å². The van der Waals surface area contributed by atoms with Gasteiger partial charge in [0.1, 0.15) is 11.5 Å². The number of piperidine rings is 1. The van der Waals surface area contributed by atoms with E-state index in [9.17, 15) is 4.79 Å². The molecule has 0 spiro atoms. The van der Waals surface area contributed by atoms with Crippen LogP contribution in [0.15, 0.2) is 18.2 Å². The number of methoxy groups -OCH3 is 1. The molecule has 1 aliphatic heterocycles. The summed E-state index contributed by atoms with van der Waals surface area (Å²) >= 11 is 0. The molecule has 1 atom stereocenters. The molecule has 19 heavy (non-hydrogen) atoms. The van der Waals surface area contributed by atoms with Crippen LogP contribution in [-0.2, 0) is 4.74 Å². The summed E-state index contributed by atoms with van der Waals surface area (Å²) in [5.41, 5.74) is 0.496. The van der Waals surface area contributed by atoms with Gasteiger partial charge in [-0.25, -0.2) is 4.98 Å². The standard InChI is InChI=1S/C14H21N3O2/c1-3-15-13-8-4-7-12(16-13)14(18)17-9-5-6-11(10-17)19-2/h4,7-8,11H,3,5-6,9-10H2,1-2H3,(H,15,16). The number of hydrogen-bond acceptors (Lipinski definition) is 4. The Kier molecular flexibility index (Phi) is 4.74. The van der Waals surface area contributed by atoms with E-state index in [4.69, 9.17) is 4.74 Å². The molecule has 104 valence electrons. The predicted octanol–water partition coefficient (Wildman–Crippen LogP) is 1.76. The van der Waals surface area contributed by atoms with Crippen LogP contribution in [0, 0.1) is 0 Å². The molecule has 2 heterocycles. The number of pyridine rings is 1. The molecule has 0 saturated carbocycles. The largest absolute Gasteiger partial charge is 0.380 e. The highest BCUT2D eigenvalue weighted by molar-refractivity contribution is 5.92. The molecule has 1 fully saturated rings. The van der Waals surface area contributed by atoms with Crippen LogP contribution in [0.2, 0.25) is 0 Å². The highest BCUT2D eigenvalue weighted by atomic mass is 16.5. The lowest BCUT2D eigenvalue weighted by atomic mass is 10.1. The first-order chi connectivity index (χ1) is 9.24. The smallest absolute Gasteiger partial charge is 0.272 e. The van der Waals surface area contributed by atoms with Gasteiger partial charge in [0, 0.05) is 26.7 Å². The van der Waals surface area contributed by atoms with E-state index in [1.165, 1.54) is 0 Å². The molecule has 1 unspecified atom stereocenters. The lowest BCUT2D eigenvalue weighted by Crippen LogP contribution is -2.43. The summed E-state index contributed by atoms with van der Waals surface area (Å²) in [5, 5.41) is 3.12. The van der Waals surface area contributed by atoms with E-state index in [0.717, 1.165) is 31.7 Å². The quantitative estimate of drug-likeness (QED) is 0.899. The van der Waals surface area contributed by atoms with E-state index in [1.807, 2.05) is 24.0 Å². The average Bonchev–Trinajstić information content (AvgIpc) is 2.47. The molecule has 0 aromatic carbocycles. The molecule has 1 amide bonds. The topological polar surface area (TPSA) is 54.5 Å². The Hall–Kier alpha value is -1.62. The van der Waals surface area contributed by atoms with Crippen molar-refractivity contribution in [3.8, 4) is 0 Å². The van der Waals surface area contributed by atoms with Crippen LogP contribution < -0.4 is 5.32 Å². The first-order valence-electron chi connectivity index (χ1n) is 6.77. The number of rotatable bonds is 4. The first-order valence-corrected chi connectivity index (χ1v) is 6.77. The van der Waals surface area contributed by atoms with E-state index in [1.54, 1.807) is 13.2 Å². The summed E-state index contributed by atoms with van der Waals surface area (Å²) in [6.07, 6.45) is 2.15. The van der Waals surface area contributed by atoms with Crippen LogP contribution in [0.1, 0.15) is 30.3 Å². The number of nitrogens with one attached hydrogen (secondary N) is 1. The van der Waals surface area contributed by atoms with Crippen molar-refractivity contribution >= 4 is 11.7 Å². The molecule has 0 radical (unpaired) electrons. The van der Waals surface area contributed by atoms with Gasteiger partial charge in [0.05, 0.1) is 6.10 Å². The summed E-state index contributed by atoms with van der Waals surface area (Å²) < 4.78 is 5.34. The molecular weight excluding hydrogens is 242 g/mol. The number of ether oxygens (including phenoxy) is 1. The third kappa shape index (κ3) is 3.44. The van der Waals surface area contributed by atoms with Crippen molar-refractivity contribution in [3.63, 3.8) is 0 Å². The molecule has 5 nitrogen and oxygen atoms in total. The Morgan fingerprint density at radius 2 is 2.42 bits per heavy atom. The Morgan fingerprint density at radius 3 is 3.16 bits per heavy atom. The van der Waals surface area contributed by atoms with Gasteiger partial charge >= 0.3 is 0 Å². The fourth-order valence-electron chi connectivity index (χ4n) is 2.31. The molecule has 1 aromatic heterocycles. The molecule has 2 rings (SSSR count). The van der Waals surface area contributed by atoms with E-state index in [0.29, 0.717) is 12.2 Å². The van der Waals surface area contributed by atoms with Gasteiger partial charge in [0.25, 0.3) is 5.91 Å². The zero-order valence-corrected chi connectivity index (χ0v) is 11.6. The van der Waals surface area contributed by atoms with Crippen molar-refractivity contribution in [3.05, 3.63) is 23.9 Å². The number of aromatic nitrogens is 1. The Balaban J connectivity index is 2.08. The van der Waals surface area contributed by atoms with Crippen molar-refractivity contribution in [2.45, 2.75) is 25.9 Å². The van der Waals surface area contributed by atoms with Gasteiger partial charge in [-0.15, -0.1) is 0 Å². The number of amides is 1. The van der Waals surface area contributed by atoms with Gasteiger partial charge in [0.15, 0.2) is 0 Å². The Bertz CT molecular complexity index is 436. The molecule has 5 heteroatoms. The van der Waals surface area contributed by atoms with Crippen LogP contribution in [-0.4, -0.2) is 48.6 Å². The highest BCUT2D eigenvalue weighted by Gasteiger charge is 2.24. The third-order valence-electron chi connectivity index (χ3n) is 3.32. The van der Waals surface area contributed by atoms with E-state index in [2.05, 4.69) is 10.3 Å². The van der Waals surface area contributed by atoms with E-state index in [-0.39, 0.29) is 12.0 Å². The predicted molar refractivity (Wildman–Crippen MR) is 74.3 cm³/mol. The third-order valence-corrected chi connectivity index (χ3v) is 3.32. The second kappa shape index (κ2) is 6.52. The molecule has 1 aliphatic rings. The molecule has 1 N–H and O–H groups in total. The van der Waals surface area contributed by atoms with Crippen molar-refractivity contribution in [2.75, 3.05) is 32.1 Å². The van der Waals surface area contributed by atoms with Crippen molar-refractivity contribution in [2.24, 2.45) is 0 Å². The SMILES string of the molecule is CCNc1cccc(C(=O)N2CCCC(OC)C2)n1. The van der Waals surface area contributed by atoms with Gasteiger partial charge in [-0.05, 0) is 31.9 Å². The van der Waals surface area contributed by atoms with Crippen molar-refractivity contribution < 1.29 is 9.53 Å². The average molecular weight is 263 g/mol. The fraction of sp³-hybridized carbons (Fsp3) is 0.571. The number of carbonyl (C=O) groups is 1. The first kappa shape index (κ1) is 13.8. The zero-order chi connectivity index (χ0) is 13.7. The summed E-state index contributed by atoms with van der Waals surface area (Å²) in [7, 11) is 1.70. The van der Waals surface area contributed by atoms with Gasteiger partial charge in [0.2, 0.25) is 0 Å². The summed E-state index contributed by atoms with van der Waals surface area (Å²) in [5.74, 6) is 0.732. The van der Waals surface area contributed by atoms with Gasteiger partial charge in [-0.1, -0.05) is 6.07 Å². The summed E-state index contributed by atoms with van der Waals surface area (Å²) in [6.45, 7) is 4.23. The number of hydrogen-bond donors (Lipinski definition) is 1. The second-order valence-electron chi connectivity index (χ2n) is 4.69. The van der Waals surface area contributed by atoms with Crippen molar-refractivity contribution in [1.29, 1.82) is 0 Å². The number of likely N-dealkylation sites (tertiary alicyclic amines) is 1. The summed E-state index contributed by atoms with van der Waals surface area (Å²) in [4.78, 5) is 18.6. The Morgan fingerprint density at radius 1 is 1.58 bits per heavy atom. The molecule has 1 aromatic rings. The lowest BCUT2D eigenvalue weighted by molar-refractivity contribution is 0.0266. The van der Waals surface area contributed by atoms with Crippen molar-refractivity contribution in [1.82, 2.24) is 9.88 Å². The highest BCUT2D eigenvalue weighted by Crippen LogP contribution is 2.15. The second-order valence-corrected chi connectivity index (χ2v) is 4.69. The minimum absolute atomic E-state index is 0.0125. The molecule has 0 bridgehead atoms. The monoisotopic (exact) mass is 263 g/mol. The normalized spacial score (nSPS) is 19.3. The van der Waals surface area contributed by atoms with Gasteiger partial charge in [-0.3, -0.25) is 4.79 Å². The van der Waals surface area contributed by atoms with Crippen LogP contribution in [0.3, 0.4) is 0 Å². The molecule has 0 aliphatic carbocycles.